The molecular weight excluding hydrogens is 616 g/mol. The minimum Gasteiger partial charge on any atom is -0.481 e. The lowest BCUT2D eigenvalue weighted by atomic mass is 9.87. The van der Waals surface area contributed by atoms with Crippen LogP contribution in [-0.4, -0.2) is 47.4 Å². The van der Waals surface area contributed by atoms with Crippen LogP contribution in [0.15, 0.2) is 97.1 Å². The topological polar surface area (TPSA) is 102 Å². The molecule has 0 radical (unpaired) electrons. The summed E-state index contributed by atoms with van der Waals surface area (Å²) in [5.41, 5.74) is 5.25. The number of fused-ring (bicyclic) bond motifs is 1. The third kappa shape index (κ3) is 8.56. The van der Waals surface area contributed by atoms with Gasteiger partial charge >= 0.3 is 18.1 Å². The number of carboxylic acids is 1. The quantitative estimate of drug-likeness (QED) is 0.182. The van der Waals surface area contributed by atoms with Gasteiger partial charge in [0.15, 0.2) is 0 Å². The number of nitrogens with one attached hydrogen (secondary N) is 1. The molecule has 8 nitrogen and oxygen atoms in total. The summed E-state index contributed by atoms with van der Waals surface area (Å²) < 4.78 is 11.3. The SMILES string of the molecule is CC(C)(C)COC(=O)[N+]1(C(=O)NCC(C(=O)O)c2ccc(-c3ccccc3)cc2)CCc2ccc(Oc3ccc(C(C)(C)C)cc3)cc2C1. The lowest BCUT2D eigenvalue weighted by Crippen LogP contribution is -2.63. The summed E-state index contributed by atoms with van der Waals surface area (Å²) in [6, 6.07) is 30.2. The average Bonchev–Trinajstić information content (AvgIpc) is 3.07. The number of hydrogen-bond donors (Lipinski definition) is 2. The molecular formula is C41H47N2O6+. The van der Waals surface area contributed by atoms with Crippen LogP contribution >= 0.6 is 0 Å². The van der Waals surface area contributed by atoms with Gasteiger partial charge in [-0.25, -0.2) is 4.79 Å². The number of urea groups is 1. The first kappa shape index (κ1) is 35.4. The molecule has 2 N–H and O–H groups in total. The summed E-state index contributed by atoms with van der Waals surface area (Å²) in [6.07, 6.45) is -0.210. The van der Waals surface area contributed by atoms with Crippen LogP contribution < -0.4 is 10.1 Å². The molecule has 256 valence electrons. The van der Waals surface area contributed by atoms with Crippen molar-refractivity contribution in [3.63, 3.8) is 0 Å². The predicted molar refractivity (Wildman–Crippen MR) is 191 cm³/mol. The molecule has 5 rings (SSSR count). The van der Waals surface area contributed by atoms with Crippen LogP contribution in [0, 0.1) is 5.41 Å². The van der Waals surface area contributed by atoms with Gasteiger partial charge in [-0.3, -0.25) is 4.79 Å². The zero-order valence-electron chi connectivity index (χ0n) is 29.3. The van der Waals surface area contributed by atoms with Crippen LogP contribution in [0.2, 0.25) is 0 Å². The normalized spacial score (nSPS) is 16.6. The maximum absolute atomic E-state index is 14.1. The number of aliphatic carboxylic acids is 1. The second-order valence-corrected chi connectivity index (χ2v) is 15.1. The maximum Gasteiger partial charge on any atom is 0.525 e. The molecule has 0 aliphatic carbocycles. The zero-order valence-corrected chi connectivity index (χ0v) is 29.3. The van der Waals surface area contributed by atoms with Crippen molar-refractivity contribution in [1.29, 1.82) is 0 Å². The highest BCUT2D eigenvalue weighted by Gasteiger charge is 2.50. The summed E-state index contributed by atoms with van der Waals surface area (Å²) in [5, 5.41) is 13.0. The molecule has 2 unspecified atom stereocenters. The first-order chi connectivity index (χ1) is 23.1. The third-order valence-electron chi connectivity index (χ3n) is 8.88. The molecule has 0 saturated carbocycles. The van der Waals surface area contributed by atoms with E-state index in [0.29, 0.717) is 23.5 Å². The van der Waals surface area contributed by atoms with Gasteiger partial charge in [-0.05, 0) is 62.9 Å². The fraction of sp³-hybridized carbons (Fsp3) is 0.341. The van der Waals surface area contributed by atoms with E-state index in [4.69, 9.17) is 9.47 Å². The summed E-state index contributed by atoms with van der Waals surface area (Å²) >= 11 is 0. The molecule has 8 heteroatoms. The number of rotatable bonds is 8. The van der Waals surface area contributed by atoms with Crippen molar-refractivity contribution in [3.8, 4) is 22.6 Å². The minimum absolute atomic E-state index is 0.0191. The Morgan fingerprint density at radius 3 is 2.04 bits per heavy atom. The number of ether oxygens (including phenoxy) is 2. The van der Waals surface area contributed by atoms with Crippen LogP contribution in [0.4, 0.5) is 9.59 Å². The molecule has 0 fully saturated rings. The Labute approximate surface area is 289 Å². The second kappa shape index (κ2) is 14.3. The first-order valence-corrected chi connectivity index (χ1v) is 16.8. The van der Waals surface area contributed by atoms with Crippen LogP contribution in [0.3, 0.4) is 0 Å². The van der Waals surface area contributed by atoms with Crippen LogP contribution in [-0.2, 0) is 27.9 Å². The molecule has 1 heterocycles. The number of hydrogen-bond acceptors (Lipinski definition) is 5. The minimum atomic E-state index is -1.07. The van der Waals surface area contributed by atoms with Crippen molar-refractivity contribution in [2.45, 2.75) is 65.8 Å². The highest BCUT2D eigenvalue weighted by Crippen LogP contribution is 2.33. The van der Waals surface area contributed by atoms with Crippen molar-refractivity contribution < 1.29 is 33.4 Å². The molecule has 3 amide bonds. The molecule has 1 aliphatic rings. The van der Waals surface area contributed by atoms with Crippen molar-refractivity contribution in [2.24, 2.45) is 5.41 Å². The fourth-order valence-corrected chi connectivity index (χ4v) is 5.94. The highest BCUT2D eigenvalue weighted by molar-refractivity contribution is 5.82. The molecule has 49 heavy (non-hydrogen) atoms. The number of carbonyl (C=O) groups excluding carboxylic acids is 2. The Bertz CT molecular complexity index is 1790. The number of amides is 3. The maximum atomic E-state index is 14.1. The van der Waals surface area contributed by atoms with Crippen molar-refractivity contribution in [2.75, 3.05) is 19.7 Å². The Morgan fingerprint density at radius 2 is 1.43 bits per heavy atom. The lowest BCUT2D eigenvalue weighted by molar-refractivity contribution is -0.794. The standard InChI is InChI=1S/C41H46N2O6/c1-40(2,3)27-48-39(47)43(38(46)42-25-36(37(44)45)31-14-12-29(13-15-31)28-10-8-7-9-11-28)23-22-30-16-19-35(24-32(30)26-43)49-34-20-17-33(18-21-34)41(4,5)6/h7-21,24,36H,22-23,25-27H2,1-6H3,(H-,42,44,45,46)/p+1. The largest absolute Gasteiger partial charge is 0.525 e. The van der Waals surface area contributed by atoms with Gasteiger partial charge in [-0.2, -0.15) is 4.79 Å². The van der Waals surface area contributed by atoms with E-state index in [9.17, 15) is 19.5 Å². The van der Waals surface area contributed by atoms with E-state index in [1.165, 1.54) is 5.56 Å². The van der Waals surface area contributed by atoms with Crippen molar-refractivity contribution in [3.05, 3.63) is 119 Å². The number of carbonyl (C=O) groups is 3. The first-order valence-electron chi connectivity index (χ1n) is 16.8. The molecule has 0 bridgehead atoms. The Morgan fingerprint density at radius 1 is 0.796 bits per heavy atom. The number of nitrogens with zero attached hydrogens (tertiary/aromatic N) is 1. The Kier molecular flexibility index (Phi) is 10.3. The van der Waals surface area contributed by atoms with E-state index in [1.807, 2.05) is 106 Å². The van der Waals surface area contributed by atoms with Gasteiger partial charge in [0.2, 0.25) is 0 Å². The number of imide groups is 1. The van der Waals surface area contributed by atoms with Gasteiger partial charge in [0.25, 0.3) is 0 Å². The predicted octanol–water partition coefficient (Wildman–Crippen LogP) is 9.08. The van der Waals surface area contributed by atoms with Gasteiger partial charge in [0.1, 0.15) is 31.2 Å². The van der Waals surface area contributed by atoms with E-state index in [0.717, 1.165) is 22.3 Å². The number of carboxylic acid groups (broad SMARTS) is 1. The third-order valence-corrected chi connectivity index (χ3v) is 8.88. The molecule has 2 atom stereocenters. The van der Waals surface area contributed by atoms with Gasteiger partial charge < -0.3 is 19.9 Å². The molecule has 4 aromatic rings. The molecule has 1 aliphatic heterocycles. The van der Waals surface area contributed by atoms with Gasteiger partial charge in [-0.1, -0.05) is 114 Å². The lowest BCUT2D eigenvalue weighted by Gasteiger charge is -2.36. The molecule has 0 spiro atoms. The van der Waals surface area contributed by atoms with E-state index in [2.05, 4.69) is 26.1 Å². The van der Waals surface area contributed by atoms with E-state index < -0.39 is 28.5 Å². The van der Waals surface area contributed by atoms with Crippen LogP contribution in [0.25, 0.3) is 11.1 Å². The summed E-state index contributed by atoms with van der Waals surface area (Å²) in [4.78, 5) is 40.4. The highest BCUT2D eigenvalue weighted by atomic mass is 16.6. The summed E-state index contributed by atoms with van der Waals surface area (Å²) in [6.45, 7) is 12.5. The molecule has 0 saturated heterocycles. The Hall–Kier alpha value is -4.95. The average molecular weight is 664 g/mol. The van der Waals surface area contributed by atoms with E-state index in [1.54, 1.807) is 12.1 Å². The van der Waals surface area contributed by atoms with E-state index in [-0.39, 0.29) is 37.1 Å². The van der Waals surface area contributed by atoms with Crippen molar-refractivity contribution in [1.82, 2.24) is 5.32 Å². The van der Waals surface area contributed by atoms with Gasteiger partial charge in [-0.15, -0.1) is 4.48 Å². The van der Waals surface area contributed by atoms with Gasteiger partial charge in [0, 0.05) is 18.5 Å². The number of quaternary nitrogens is 1. The monoisotopic (exact) mass is 663 g/mol. The Balaban J connectivity index is 1.37. The summed E-state index contributed by atoms with van der Waals surface area (Å²) in [7, 11) is 0. The second-order valence-electron chi connectivity index (χ2n) is 15.1. The zero-order chi connectivity index (χ0) is 35.4. The van der Waals surface area contributed by atoms with E-state index >= 15 is 0 Å². The van der Waals surface area contributed by atoms with Crippen LogP contribution in [0.5, 0.6) is 11.5 Å². The smallest absolute Gasteiger partial charge is 0.481 e. The number of benzene rings is 4. The molecule has 0 aromatic heterocycles. The molecule has 4 aromatic carbocycles. The van der Waals surface area contributed by atoms with Crippen LogP contribution in [0.1, 0.15) is 69.7 Å². The summed E-state index contributed by atoms with van der Waals surface area (Å²) in [5.74, 6) is -0.809. The van der Waals surface area contributed by atoms with Crippen molar-refractivity contribution >= 4 is 18.1 Å². The fourth-order valence-electron chi connectivity index (χ4n) is 5.94. The van der Waals surface area contributed by atoms with Gasteiger partial charge in [0.05, 0.1) is 5.92 Å².